The number of carbonyl (C=O) groups is 2. The zero-order valence-electron chi connectivity index (χ0n) is 14.7. The van der Waals surface area contributed by atoms with Gasteiger partial charge in [0.05, 0.1) is 11.4 Å². The smallest absolute Gasteiger partial charge is 0.387 e. The molecule has 0 N–H and O–H groups in total. The normalized spacial score (nSPS) is 16.1. The van der Waals surface area contributed by atoms with Crippen molar-refractivity contribution in [1.82, 2.24) is 4.98 Å². The molecule has 1 aliphatic rings. The van der Waals surface area contributed by atoms with Gasteiger partial charge in [0.1, 0.15) is 23.4 Å². The molecule has 0 saturated carbocycles. The molecule has 2 heterocycles. The highest BCUT2D eigenvalue weighted by Crippen LogP contribution is 2.27. The Hall–Kier alpha value is -3.67. The zero-order valence-corrected chi connectivity index (χ0v) is 14.7. The van der Waals surface area contributed by atoms with Gasteiger partial charge in [-0.25, -0.2) is 4.98 Å². The Kier molecular flexibility index (Phi) is 5.40. The van der Waals surface area contributed by atoms with Crippen molar-refractivity contribution in [1.29, 1.82) is 5.26 Å². The molecule has 0 radical (unpaired) electrons. The van der Waals surface area contributed by atoms with Crippen molar-refractivity contribution in [3.8, 4) is 11.8 Å². The molecule has 7 nitrogen and oxygen atoms in total. The first kappa shape index (κ1) is 19.1. The van der Waals surface area contributed by atoms with Gasteiger partial charge in [0.2, 0.25) is 0 Å². The second kappa shape index (κ2) is 7.92. The monoisotopic (exact) mass is 384 g/mol. The number of hydrogen-bond acceptors (Lipinski definition) is 6. The lowest BCUT2D eigenvalue weighted by Crippen LogP contribution is -2.33. The lowest BCUT2D eigenvalue weighted by Gasteiger charge is -2.14. The van der Waals surface area contributed by atoms with Crippen LogP contribution in [0.3, 0.4) is 0 Å². The van der Waals surface area contributed by atoms with Crippen molar-refractivity contribution in [3.63, 3.8) is 0 Å². The fraction of sp³-hybridized carbons (Fsp3) is 0.211. The average molecular weight is 384 g/mol. The van der Waals surface area contributed by atoms with Crippen LogP contribution in [-0.4, -0.2) is 29.0 Å². The van der Waals surface area contributed by atoms with Crippen LogP contribution in [0, 0.1) is 17.2 Å². The lowest BCUT2D eigenvalue weighted by molar-refractivity contribution is -0.128. The number of nitrogens with zero attached hydrogens (tertiary/aromatic N) is 4. The van der Waals surface area contributed by atoms with Crippen molar-refractivity contribution in [2.75, 3.05) is 5.01 Å². The summed E-state index contributed by atoms with van der Waals surface area (Å²) in [6, 6.07) is 10.4. The highest BCUT2D eigenvalue weighted by atomic mass is 19.3. The highest BCUT2D eigenvalue weighted by molar-refractivity contribution is 6.27. The number of alkyl halides is 2. The Balaban J connectivity index is 1.75. The number of pyridine rings is 1. The Morgan fingerprint density at radius 2 is 2.04 bits per heavy atom. The average Bonchev–Trinajstić information content (AvgIpc) is 2.96. The number of halogens is 2. The van der Waals surface area contributed by atoms with Gasteiger partial charge in [0.15, 0.2) is 5.78 Å². The fourth-order valence-electron chi connectivity index (χ4n) is 2.84. The zero-order chi connectivity index (χ0) is 20.3. The van der Waals surface area contributed by atoms with Gasteiger partial charge < -0.3 is 4.74 Å². The van der Waals surface area contributed by atoms with Gasteiger partial charge in [-0.1, -0.05) is 0 Å². The van der Waals surface area contributed by atoms with E-state index in [4.69, 9.17) is 5.26 Å². The number of carbonyl (C=O) groups excluding carboxylic acids is 2. The van der Waals surface area contributed by atoms with Gasteiger partial charge in [-0.3, -0.25) is 9.59 Å². The number of amides is 1. The van der Waals surface area contributed by atoms with Gasteiger partial charge in [-0.15, -0.1) is 0 Å². The van der Waals surface area contributed by atoms with E-state index in [1.807, 2.05) is 6.07 Å². The molecule has 28 heavy (non-hydrogen) atoms. The number of anilines is 1. The molecule has 1 amide bonds. The maximum atomic E-state index is 12.7. The number of hydrogen-bond donors (Lipinski definition) is 0. The molecule has 0 aliphatic carbocycles. The summed E-state index contributed by atoms with van der Waals surface area (Å²) in [5, 5.41) is 14.1. The number of ketones is 1. The van der Waals surface area contributed by atoms with Gasteiger partial charge in [0, 0.05) is 12.6 Å². The van der Waals surface area contributed by atoms with Crippen LogP contribution in [0.4, 0.5) is 14.5 Å². The molecule has 0 fully saturated rings. The molecule has 1 aliphatic heterocycles. The van der Waals surface area contributed by atoms with E-state index in [0.717, 1.165) is 5.01 Å². The van der Waals surface area contributed by atoms with E-state index in [2.05, 4.69) is 14.8 Å². The van der Waals surface area contributed by atoms with Crippen LogP contribution in [-0.2, 0) is 16.0 Å². The molecule has 0 spiro atoms. The molecule has 9 heteroatoms. The van der Waals surface area contributed by atoms with Gasteiger partial charge in [0.25, 0.3) is 5.91 Å². The van der Waals surface area contributed by atoms with Crippen LogP contribution < -0.4 is 9.75 Å². The van der Waals surface area contributed by atoms with E-state index in [-0.39, 0.29) is 23.6 Å². The predicted molar refractivity (Wildman–Crippen MR) is 94.8 cm³/mol. The minimum absolute atomic E-state index is 0.0462. The fourth-order valence-corrected chi connectivity index (χ4v) is 2.84. The third kappa shape index (κ3) is 4.01. The molecule has 0 bridgehead atoms. The van der Waals surface area contributed by atoms with Crippen molar-refractivity contribution < 1.29 is 23.1 Å². The maximum absolute atomic E-state index is 12.7. The van der Waals surface area contributed by atoms with Crippen molar-refractivity contribution >= 4 is 23.1 Å². The van der Waals surface area contributed by atoms with Crippen LogP contribution in [0.25, 0.3) is 0 Å². The standard InChI is InChI=1S/C19H14F2N4O3/c1-11-17(16(26)9-12-6-7-23-13(8-12)10-22)18(27)25(24-11)14-2-4-15(5-3-14)28-19(20)21/h2-8,17,19H,9H2,1H3. The summed E-state index contributed by atoms with van der Waals surface area (Å²) in [6.45, 7) is -1.38. The van der Waals surface area contributed by atoms with Gasteiger partial charge in [-0.2, -0.15) is 24.2 Å². The second-order valence-corrected chi connectivity index (χ2v) is 6.00. The molecule has 3 rings (SSSR count). The van der Waals surface area contributed by atoms with Crippen molar-refractivity contribution in [2.45, 2.75) is 20.0 Å². The lowest BCUT2D eigenvalue weighted by atomic mass is 9.94. The van der Waals surface area contributed by atoms with E-state index in [9.17, 15) is 18.4 Å². The molecular formula is C19H14F2N4O3. The van der Waals surface area contributed by atoms with Crippen molar-refractivity contribution in [2.24, 2.45) is 11.0 Å². The minimum Gasteiger partial charge on any atom is -0.435 e. The van der Waals surface area contributed by atoms with Crippen LogP contribution in [0.5, 0.6) is 5.75 Å². The SMILES string of the molecule is CC1=NN(c2ccc(OC(F)F)cc2)C(=O)C1C(=O)Cc1ccnc(C#N)c1. The number of nitriles is 1. The summed E-state index contributed by atoms with van der Waals surface area (Å²) in [7, 11) is 0. The topological polar surface area (TPSA) is 95.7 Å². The number of benzene rings is 1. The van der Waals surface area contributed by atoms with E-state index in [0.29, 0.717) is 17.0 Å². The van der Waals surface area contributed by atoms with E-state index in [1.165, 1.54) is 36.5 Å². The Labute approximate surface area is 158 Å². The highest BCUT2D eigenvalue weighted by Gasteiger charge is 2.39. The molecule has 142 valence electrons. The first-order chi connectivity index (χ1) is 13.4. The third-order valence-corrected chi connectivity index (χ3v) is 4.08. The molecule has 2 aromatic rings. The summed E-state index contributed by atoms with van der Waals surface area (Å²) in [5.74, 6) is -1.98. The van der Waals surface area contributed by atoms with Crippen LogP contribution in [0.1, 0.15) is 18.2 Å². The molecule has 1 unspecified atom stereocenters. The van der Waals surface area contributed by atoms with E-state index in [1.54, 1.807) is 13.0 Å². The first-order valence-electron chi connectivity index (χ1n) is 8.20. The summed E-state index contributed by atoms with van der Waals surface area (Å²) in [4.78, 5) is 29.2. The summed E-state index contributed by atoms with van der Waals surface area (Å²) >= 11 is 0. The number of ether oxygens (including phenoxy) is 1. The Morgan fingerprint density at radius 3 is 2.68 bits per heavy atom. The largest absolute Gasteiger partial charge is 0.435 e. The predicted octanol–water partition coefficient (Wildman–Crippen LogP) is 2.71. The molecule has 1 atom stereocenters. The molecule has 1 aromatic carbocycles. The third-order valence-electron chi connectivity index (χ3n) is 4.08. The number of Topliss-reactive ketones (excluding diaryl/α,β-unsaturated/α-hetero) is 1. The maximum Gasteiger partial charge on any atom is 0.387 e. The Morgan fingerprint density at radius 1 is 1.32 bits per heavy atom. The quantitative estimate of drug-likeness (QED) is 0.714. The Bertz CT molecular complexity index is 983. The summed E-state index contributed by atoms with van der Waals surface area (Å²) in [6.07, 6.45) is 1.38. The van der Waals surface area contributed by atoms with Gasteiger partial charge >= 0.3 is 6.61 Å². The van der Waals surface area contributed by atoms with Gasteiger partial charge in [-0.05, 0) is 48.9 Å². The number of rotatable bonds is 6. The van der Waals surface area contributed by atoms with Crippen molar-refractivity contribution in [3.05, 3.63) is 53.9 Å². The van der Waals surface area contributed by atoms with Crippen LogP contribution in [0.2, 0.25) is 0 Å². The minimum atomic E-state index is -2.95. The molecule has 1 aromatic heterocycles. The second-order valence-electron chi connectivity index (χ2n) is 6.00. The first-order valence-corrected chi connectivity index (χ1v) is 8.20. The van der Waals surface area contributed by atoms with Crippen LogP contribution >= 0.6 is 0 Å². The van der Waals surface area contributed by atoms with E-state index >= 15 is 0 Å². The summed E-state index contributed by atoms with van der Waals surface area (Å²) < 4.78 is 28.7. The number of hydrazone groups is 1. The summed E-state index contributed by atoms with van der Waals surface area (Å²) in [5.41, 5.74) is 1.42. The number of aromatic nitrogens is 1. The molecule has 0 saturated heterocycles. The van der Waals surface area contributed by atoms with E-state index < -0.39 is 18.4 Å². The van der Waals surface area contributed by atoms with Crippen LogP contribution in [0.15, 0.2) is 47.7 Å². The molecular weight excluding hydrogens is 370 g/mol.